The van der Waals surface area contributed by atoms with Gasteiger partial charge in [0.05, 0.1) is 6.61 Å². The summed E-state index contributed by atoms with van der Waals surface area (Å²) in [5, 5.41) is 2.03. The van der Waals surface area contributed by atoms with Crippen LogP contribution in [-0.4, -0.2) is 17.6 Å². The van der Waals surface area contributed by atoms with E-state index >= 15 is 0 Å². The molecule has 0 aliphatic rings. The van der Waals surface area contributed by atoms with E-state index in [1.54, 1.807) is 6.92 Å². The summed E-state index contributed by atoms with van der Waals surface area (Å²) in [7, 11) is 0. The molecule has 1 heterocycles. The average molecular weight is 268 g/mol. The molecule has 0 N–H and O–H groups in total. The van der Waals surface area contributed by atoms with Gasteiger partial charge in [-0.1, -0.05) is 18.5 Å². The van der Waals surface area contributed by atoms with Gasteiger partial charge in [-0.05, 0) is 37.6 Å². The summed E-state index contributed by atoms with van der Waals surface area (Å²) in [6, 6.07) is 8.13. The van der Waals surface area contributed by atoms with Gasteiger partial charge in [-0.15, -0.1) is 0 Å². The van der Waals surface area contributed by atoms with E-state index in [9.17, 15) is 4.79 Å². The fraction of sp³-hybridized carbons (Fsp3) is 0.357. The molecule has 4 heteroatoms. The molecule has 0 aliphatic carbocycles. The SMILES string of the molecule is CCCn1ccc2cc(Cl)ccc21.CCOC=O. The normalized spacial score (nSPS) is 9.72. The van der Waals surface area contributed by atoms with E-state index in [4.69, 9.17) is 11.6 Å². The van der Waals surface area contributed by atoms with Crippen molar-refractivity contribution in [3.63, 3.8) is 0 Å². The van der Waals surface area contributed by atoms with Crippen LogP contribution in [0.25, 0.3) is 10.9 Å². The first-order valence-corrected chi connectivity index (χ1v) is 6.40. The first-order valence-electron chi connectivity index (χ1n) is 6.02. The van der Waals surface area contributed by atoms with E-state index in [0.29, 0.717) is 13.1 Å². The minimum absolute atomic E-state index is 0.431. The second-order valence-corrected chi connectivity index (χ2v) is 4.20. The molecule has 0 radical (unpaired) electrons. The molecule has 0 spiro atoms. The Bertz CT molecular complexity index is 493. The second kappa shape index (κ2) is 7.77. The quantitative estimate of drug-likeness (QED) is 0.787. The van der Waals surface area contributed by atoms with Gasteiger partial charge in [0, 0.05) is 28.7 Å². The minimum Gasteiger partial charge on any atom is -0.468 e. The molecule has 98 valence electrons. The number of carbonyl (C=O) groups excluding carboxylic acids is 1. The number of hydrogen-bond donors (Lipinski definition) is 0. The van der Waals surface area contributed by atoms with E-state index < -0.39 is 0 Å². The maximum absolute atomic E-state index is 9.18. The van der Waals surface area contributed by atoms with Crippen LogP contribution in [0, 0.1) is 0 Å². The number of nitrogens with zero attached hydrogens (tertiary/aromatic N) is 1. The summed E-state index contributed by atoms with van der Waals surface area (Å²) in [6.07, 6.45) is 3.27. The zero-order chi connectivity index (χ0) is 13.4. The van der Waals surface area contributed by atoms with Crippen LogP contribution in [0.3, 0.4) is 0 Å². The first-order chi connectivity index (χ1) is 8.72. The van der Waals surface area contributed by atoms with Crippen molar-refractivity contribution in [3.8, 4) is 0 Å². The molecular weight excluding hydrogens is 250 g/mol. The van der Waals surface area contributed by atoms with E-state index in [2.05, 4.69) is 34.6 Å². The van der Waals surface area contributed by atoms with E-state index in [1.165, 1.54) is 10.9 Å². The predicted molar refractivity (Wildman–Crippen MR) is 74.9 cm³/mol. The largest absolute Gasteiger partial charge is 0.468 e. The fourth-order valence-corrected chi connectivity index (χ4v) is 1.86. The number of carbonyl (C=O) groups is 1. The highest BCUT2D eigenvalue weighted by Gasteiger charge is 1.99. The Morgan fingerprint density at radius 1 is 1.33 bits per heavy atom. The van der Waals surface area contributed by atoms with Gasteiger partial charge in [-0.3, -0.25) is 4.79 Å². The lowest BCUT2D eigenvalue weighted by molar-refractivity contribution is -0.128. The van der Waals surface area contributed by atoms with Gasteiger partial charge in [0.2, 0.25) is 0 Å². The van der Waals surface area contributed by atoms with Crippen molar-refractivity contribution in [3.05, 3.63) is 35.5 Å². The fourth-order valence-electron chi connectivity index (χ4n) is 1.67. The molecule has 0 unspecified atom stereocenters. The summed E-state index contributed by atoms with van der Waals surface area (Å²) in [5.41, 5.74) is 1.27. The molecule has 0 amide bonds. The summed E-state index contributed by atoms with van der Waals surface area (Å²) < 4.78 is 6.41. The van der Waals surface area contributed by atoms with Gasteiger partial charge in [0.25, 0.3) is 6.47 Å². The van der Waals surface area contributed by atoms with Crippen molar-refractivity contribution >= 4 is 29.0 Å². The molecule has 2 rings (SSSR count). The highest BCUT2D eigenvalue weighted by atomic mass is 35.5. The summed E-state index contributed by atoms with van der Waals surface area (Å²) in [4.78, 5) is 9.18. The van der Waals surface area contributed by atoms with Crippen molar-refractivity contribution in [2.24, 2.45) is 0 Å². The zero-order valence-electron chi connectivity index (χ0n) is 10.7. The summed E-state index contributed by atoms with van der Waals surface area (Å²) >= 11 is 5.90. The highest BCUT2D eigenvalue weighted by Crippen LogP contribution is 2.20. The third kappa shape index (κ3) is 4.08. The highest BCUT2D eigenvalue weighted by molar-refractivity contribution is 6.31. The Hall–Kier alpha value is -1.48. The van der Waals surface area contributed by atoms with Crippen LogP contribution >= 0.6 is 11.6 Å². The number of benzene rings is 1. The van der Waals surface area contributed by atoms with Crippen molar-refractivity contribution in [2.75, 3.05) is 6.61 Å². The van der Waals surface area contributed by atoms with Crippen LogP contribution in [0.2, 0.25) is 5.02 Å². The number of aryl methyl sites for hydroxylation is 1. The molecular formula is C14H18ClNO2. The first kappa shape index (κ1) is 14.6. The van der Waals surface area contributed by atoms with Crippen molar-refractivity contribution in [1.82, 2.24) is 4.57 Å². The Morgan fingerprint density at radius 2 is 2.11 bits per heavy atom. The van der Waals surface area contributed by atoms with E-state index in [0.717, 1.165) is 18.0 Å². The maximum atomic E-state index is 9.18. The van der Waals surface area contributed by atoms with Crippen molar-refractivity contribution in [1.29, 1.82) is 0 Å². The minimum atomic E-state index is 0.431. The number of fused-ring (bicyclic) bond motifs is 1. The van der Waals surface area contributed by atoms with E-state index in [-0.39, 0.29) is 0 Å². The van der Waals surface area contributed by atoms with Crippen molar-refractivity contribution in [2.45, 2.75) is 26.8 Å². The van der Waals surface area contributed by atoms with Gasteiger partial charge in [-0.25, -0.2) is 0 Å². The third-order valence-electron chi connectivity index (χ3n) is 2.43. The smallest absolute Gasteiger partial charge is 0.293 e. The van der Waals surface area contributed by atoms with E-state index in [1.807, 2.05) is 12.1 Å². The molecule has 0 saturated heterocycles. The lowest BCUT2D eigenvalue weighted by Gasteiger charge is -2.01. The van der Waals surface area contributed by atoms with Crippen LogP contribution in [0.5, 0.6) is 0 Å². The van der Waals surface area contributed by atoms with Crippen LogP contribution < -0.4 is 0 Å². The summed E-state index contributed by atoms with van der Waals surface area (Å²) in [5.74, 6) is 0. The Morgan fingerprint density at radius 3 is 2.67 bits per heavy atom. The van der Waals surface area contributed by atoms with Gasteiger partial charge < -0.3 is 9.30 Å². The Balaban J connectivity index is 0.000000280. The number of hydrogen-bond acceptors (Lipinski definition) is 2. The van der Waals surface area contributed by atoms with Crippen LogP contribution in [0.4, 0.5) is 0 Å². The Labute approximate surface area is 112 Å². The number of aromatic nitrogens is 1. The zero-order valence-corrected chi connectivity index (χ0v) is 11.5. The van der Waals surface area contributed by atoms with Gasteiger partial charge in [0.15, 0.2) is 0 Å². The van der Waals surface area contributed by atoms with Gasteiger partial charge in [0.1, 0.15) is 0 Å². The number of rotatable bonds is 4. The molecule has 18 heavy (non-hydrogen) atoms. The topological polar surface area (TPSA) is 31.2 Å². The molecule has 0 saturated carbocycles. The van der Waals surface area contributed by atoms with Crippen LogP contribution in [0.15, 0.2) is 30.5 Å². The van der Waals surface area contributed by atoms with Crippen molar-refractivity contribution < 1.29 is 9.53 Å². The van der Waals surface area contributed by atoms with Crippen LogP contribution in [0.1, 0.15) is 20.3 Å². The second-order valence-electron chi connectivity index (χ2n) is 3.76. The molecule has 3 nitrogen and oxygen atoms in total. The Kier molecular flexibility index (Phi) is 6.29. The monoisotopic (exact) mass is 267 g/mol. The lowest BCUT2D eigenvalue weighted by atomic mass is 10.2. The van der Waals surface area contributed by atoms with Gasteiger partial charge >= 0.3 is 0 Å². The number of halogens is 1. The molecule has 0 atom stereocenters. The van der Waals surface area contributed by atoms with Crippen LogP contribution in [-0.2, 0) is 16.1 Å². The standard InChI is InChI=1S/C11H12ClN.C3H6O2/c1-2-6-13-7-5-9-8-10(12)3-4-11(9)13;1-2-5-3-4/h3-5,7-8H,2,6H2,1H3;3H,2H2,1H3. The van der Waals surface area contributed by atoms with Gasteiger partial charge in [-0.2, -0.15) is 0 Å². The maximum Gasteiger partial charge on any atom is 0.293 e. The molecule has 2 aromatic rings. The third-order valence-corrected chi connectivity index (χ3v) is 2.67. The predicted octanol–water partition coefficient (Wildman–Crippen LogP) is 3.88. The molecule has 0 bridgehead atoms. The molecule has 0 aliphatic heterocycles. The molecule has 0 fully saturated rings. The lowest BCUT2D eigenvalue weighted by Crippen LogP contribution is -1.92. The molecule has 1 aromatic carbocycles. The molecule has 1 aromatic heterocycles. The summed E-state index contributed by atoms with van der Waals surface area (Å²) in [6.45, 7) is 5.92. The number of ether oxygens (including phenoxy) is 1. The average Bonchev–Trinajstić information content (AvgIpc) is 2.74.